The van der Waals surface area contributed by atoms with Crippen LogP contribution in [0.5, 0.6) is 0 Å². The Morgan fingerprint density at radius 1 is 1.21 bits per heavy atom. The molecule has 0 fully saturated rings. The molecule has 1 heterocycles. The lowest BCUT2D eigenvalue weighted by molar-refractivity contribution is 0.0989. The van der Waals surface area contributed by atoms with E-state index in [1.54, 1.807) is 0 Å². The normalized spacial score (nSPS) is 13.4. The van der Waals surface area contributed by atoms with E-state index in [4.69, 9.17) is 5.73 Å². The number of carbonyl (C=O) groups excluding carboxylic acids is 1. The van der Waals surface area contributed by atoms with Gasteiger partial charge in [0, 0.05) is 28.0 Å². The highest BCUT2D eigenvalue weighted by Gasteiger charge is 2.25. The summed E-state index contributed by atoms with van der Waals surface area (Å²) in [6.07, 6.45) is 0.861. The van der Waals surface area contributed by atoms with Crippen molar-refractivity contribution >= 4 is 33.2 Å². The Morgan fingerprint density at radius 3 is 2.84 bits per heavy atom. The van der Waals surface area contributed by atoms with E-state index < -0.39 is 0 Å². The maximum Gasteiger partial charge on any atom is 0.258 e. The van der Waals surface area contributed by atoms with Crippen LogP contribution in [-0.2, 0) is 6.42 Å². The number of nitrogen functional groups attached to an aromatic ring is 1. The Balaban J connectivity index is 1.95. The maximum atomic E-state index is 12.5. The van der Waals surface area contributed by atoms with Gasteiger partial charge in [-0.25, -0.2) is 0 Å². The molecule has 4 heteroatoms. The molecule has 0 aliphatic carbocycles. The van der Waals surface area contributed by atoms with Crippen LogP contribution in [0.15, 0.2) is 46.9 Å². The molecule has 0 spiro atoms. The Labute approximate surface area is 120 Å². The molecular weight excluding hydrogens is 304 g/mol. The van der Waals surface area contributed by atoms with Crippen molar-refractivity contribution in [2.24, 2.45) is 0 Å². The number of amides is 1. The summed E-state index contributed by atoms with van der Waals surface area (Å²) in [6.45, 7) is 0.712. The number of nitrogens with two attached hydrogens (primary N) is 1. The minimum Gasteiger partial charge on any atom is -0.399 e. The number of hydrogen-bond donors (Lipinski definition) is 1. The minimum absolute atomic E-state index is 0.0322. The van der Waals surface area contributed by atoms with Crippen LogP contribution in [0.3, 0.4) is 0 Å². The summed E-state index contributed by atoms with van der Waals surface area (Å²) in [7, 11) is 0. The molecule has 0 bridgehead atoms. The predicted molar refractivity (Wildman–Crippen MR) is 80.4 cm³/mol. The van der Waals surface area contributed by atoms with E-state index in [1.165, 1.54) is 0 Å². The van der Waals surface area contributed by atoms with Gasteiger partial charge in [-0.05, 0) is 48.4 Å². The highest BCUT2D eigenvalue weighted by atomic mass is 79.9. The van der Waals surface area contributed by atoms with Gasteiger partial charge < -0.3 is 10.6 Å². The number of carbonyl (C=O) groups is 1. The van der Waals surface area contributed by atoms with Gasteiger partial charge in [-0.1, -0.05) is 22.0 Å². The molecule has 0 aromatic heterocycles. The molecule has 96 valence electrons. The predicted octanol–water partition coefficient (Wildman–Crippen LogP) is 3.23. The number of anilines is 2. The highest BCUT2D eigenvalue weighted by molar-refractivity contribution is 9.10. The lowest BCUT2D eigenvalue weighted by Gasteiger charge is -2.17. The second-order valence-electron chi connectivity index (χ2n) is 4.61. The third-order valence-corrected chi connectivity index (χ3v) is 3.81. The van der Waals surface area contributed by atoms with Crippen LogP contribution < -0.4 is 10.6 Å². The van der Waals surface area contributed by atoms with E-state index in [0.717, 1.165) is 27.8 Å². The molecule has 1 amide bonds. The first-order valence-corrected chi connectivity index (χ1v) is 6.90. The summed E-state index contributed by atoms with van der Waals surface area (Å²) < 4.78 is 0.912. The van der Waals surface area contributed by atoms with Gasteiger partial charge in [0.1, 0.15) is 0 Å². The number of halogens is 1. The third-order valence-electron chi connectivity index (χ3n) is 3.32. The van der Waals surface area contributed by atoms with Crippen molar-refractivity contribution in [3.8, 4) is 0 Å². The SMILES string of the molecule is Nc1ccc2c(c1)CCN2C(=O)c1cccc(Br)c1. The molecule has 1 aliphatic heterocycles. The van der Waals surface area contributed by atoms with Crippen LogP contribution in [-0.4, -0.2) is 12.5 Å². The van der Waals surface area contributed by atoms with Gasteiger partial charge in [0.2, 0.25) is 0 Å². The zero-order valence-electron chi connectivity index (χ0n) is 10.3. The maximum absolute atomic E-state index is 12.5. The molecule has 0 atom stereocenters. The number of fused-ring (bicyclic) bond motifs is 1. The monoisotopic (exact) mass is 316 g/mol. The number of benzene rings is 2. The second-order valence-corrected chi connectivity index (χ2v) is 5.52. The standard InChI is InChI=1S/C15H13BrN2O/c16-12-3-1-2-11(8-12)15(19)18-7-6-10-9-13(17)4-5-14(10)18/h1-5,8-9H,6-7,17H2. The molecule has 2 aromatic carbocycles. The largest absolute Gasteiger partial charge is 0.399 e. The summed E-state index contributed by atoms with van der Waals surface area (Å²) in [6, 6.07) is 13.2. The summed E-state index contributed by atoms with van der Waals surface area (Å²) >= 11 is 3.39. The van der Waals surface area contributed by atoms with E-state index in [9.17, 15) is 4.79 Å². The lowest BCUT2D eigenvalue weighted by atomic mass is 10.1. The molecule has 0 radical (unpaired) electrons. The van der Waals surface area contributed by atoms with Crippen molar-refractivity contribution in [2.45, 2.75) is 6.42 Å². The molecule has 3 rings (SSSR count). The molecule has 2 N–H and O–H groups in total. The Bertz CT molecular complexity index is 654. The van der Waals surface area contributed by atoms with Gasteiger partial charge in [0.15, 0.2) is 0 Å². The second kappa shape index (κ2) is 4.70. The van der Waals surface area contributed by atoms with Crippen LogP contribution in [0.2, 0.25) is 0 Å². The van der Waals surface area contributed by atoms with E-state index in [1.807, 2.05) is 47.4 Å². The zero-order valence-corrected chi connectivity index (χ0v) is 11.9. The van der Waals surface area contributed by atoms with E-state index in [2.05, 4.69) is 15.9 Å². The fourth-order valence-electron chi connectivity index (χ4n) is 2.41. The molecule has 3 nitrogen and oxygen atoms in total. The fraction of sp³-hybridized carbons (Fsp3) is 0.133. The van der Waals surface area contributed by atoms with Crippen molar-refractivity contribution in [1.82, 2.24) is 0 Å². The Hall–Kier alpha value is -1.81. The minimum atomic E-state index is 0.0322. The Kier molecular flexibility index (Phi) is 3.03. The van der Waals surface area contributed by atoms with Crippen LogP contribution in [0.1, 0.15) is 15.9 Å². The average molecular weight is 317 g/mol. The van der Waals surface area contributed by atoms with Crippen LogP contribution in [0.4, 0.5) is 11.4 Å². The molecule has 2 aromatic rings. The molecule has 0 saturated heterocycles. The smallest absolute Gasteiger partial charge is 0.258 e. The summed E-state index contributed by atoms with van der Waals surface area (Å²) in [5.74, 6) is 0.0322. The fourth-order valence-corrected chi connectivity index (χ4v) is 2.81. The van der Waals surface area contributed by atoms with Gasteiger partial charge >= 0.3 is 0 Å². The lowest BCUT2D eigenvalue weighted by Crippen LogP contribution is -2.28. The topological polar surface area (TPSA) is 46.3 Å². The molecule has 1 aliphatic rings. The van der Waals surface area contributed by atoms with Gasteiger partial charge in [-0.3, -0.25) is 4.79 Å². The van der Waals surface area contributed by atoms with Crippen LogP contribution in [0.25, 0.3) is 0 Å². The Morgan fingerprint density at radius 2 is 2.05 bits per heavy atom. The molecule has 0 saturated carbocycles. The van der Waals surface area contributed by atoms with E-state index in [-0.39, 0.29) is 5.91 Å². The van der Waals surface area contributed by atoms with Gasteiger partial charge in [0.25, 0.3) is 5.91 Å². The van der Waals surface area contributed by atoms with E-state index >= 15 is 0 Å². The van der Waals surface area contributed by atoms with Crippen LogP contribution >= 0.6 is 15.9 Å². The number of hydrogen-bond acceptors (Lipinski definition) is 2. The van der Waals surface area contributed by atoms with E-state index in [0.29, 0.717) is 12.1 Å². The zero-order chi connectivity index (χ0) is 13.4. The van der Waals surface area contributed by atoms with Gasteiger partial charge in [0.05, 0.1) is 0 Å². The quantitative estimate of drug-likeness (QED) is 0.821. The first-order chi connectivity index (χ1) is 9.15. The third kappa shape index (κ3) is 2.24. The van der Waals surface area contributed by atoms with Gasteiger partial charge in [-0.15, -0.1) is 0 Å². The van der Waals surface area contributed by atoms with Crippen molar-refractivity contribution < 1.29 is 4.79 Å². The summed E-state index contributed by atoms with van der Waals surface area (Å²) in [4.78, 5) is 14.3. The average Bonchev–Trinajstić information content (AvgIpc) is 2.80. The summed E-state index contributed by atoms with van der Waals surface area (Å²) in [5.41, 5.74) is 9.33. The molecular formula is C15H13BrN2O. The van der Waals surface area contributed by atoms with Crippen molar-refractivity contribution in [1.29, 1.82) is 0 Å². The van der Waals surface area contributed by atoms with Crippen molar-refractivity contribution in [2.75, 3.05) is 17.2 Å². The van der Waals surface area contributed by atoms with Crippen molar-refractivity contribution in [3.05, 3.63) is 58.1 Å². The number of nitrogens with zero attached hydrogens (tertiary/aromatic N) is 1. The molecule has 19 heavy (non-hydrogen) atoms. The summed E-state index contributed by atoms with van der Waals surface area (Å²) in [5, 5.41) is 0. The first kappa shape index (κ1) is 12.2. The first-order valence-electron chi connectivity index (χ1n) is 6.11. The highest BCUT2D eigenvalue weighted by Crippen LogP contribution is 2.31. The molecule has 0 unspecified atom stereocenters. The van der Waals surface area contributed by atoms with Gasteiger partial charge in [-0.2, -0.15) is 0 Å². The number of rotatable bonds is 1. The van der Waals surface area contributed by atoms with Crippen molar-refractivity contribution in [3.63, 3.8) is 0 Å². The van der Waals surface area contributed by atoms with Crippen LogP contribution in [0, 0.1) is 0 Å².